The predicted octanol–water partition coefficient (Wildman–Crippen LogP) is 1.33. The van der Waals surface area contributed by atoms with E-state index in [-0.39, 0.29) is 30.8 Å². The zero-order chi connectivity index (χ0) is 22.7. The number of benzene rings is 1. The quantitative estimate of drug-likeness (QED) is 0.526. The molecule has 5 atom stereocenters. The Labute approximate surface area is 187 Å². The fraction of sp³-hybridized carbons (Fsp3) is 0.524. The molecular weight excluding hydrogens is 436 g/mol. The van der Waals surface area contributed by atoms with Gasteiger partial charge in [0.05, 0.1) is 24.9 Å². The summed E-state index contributed by atoms with van der Waals surface area (Å²) in [4.78, 5) is 8.51. The van der Waals surface area contributed by atoms with Crippen molar-refractivity contribution in [2.75, 3.05) is 19.0 Å². The second-order valence-electron chi connectivity index (χ2n) is 8.19. The van der Waals surface area contributed by atoms with Crippen LogP contribution in [0.1, 0.15) is 36.4 Å². The van der Waals surface area contributed by atoms with Gasteiger partial charge in [0.15, 0.2) is 0 Å². The number of nitrogens with two attached hydrogens (primary N) is 1. The van der Waals surface area contributed by atoms with Crippen molar-refractivity contribution >= 4 is 16.1 Å². The molecule has 2 aliphatic carbocycles. The maximum Gasteiger partial charge on any atom is 0.333 e. The number of fused-ring (bicyclic) bond motifs is 1. The summed E-state index contributed by atoms with van der Waals surface area (Å²) in [5.74, 6) is 0.580. The third-order valence-electron chi connectivity index (χ3n) is 6.06. The number of nitrogens with one attached hydrogen (secondary N) is 1. The predicted molar refractivity (Wildman–Crippen MR) is 116 cm³/mol. The molecule has 2 aliphatic rings. The third kappa shape index (κ3) is 5.54. The Morgan fingerprint density at radius 1 is 1.25 bits per heavy atom. The first-order valence-corrected chi connectivity index (χ1v) is 12.0. The third-order valence-corrected chi connectivity index (χ3v) is 6.52. The molecule has 0 radical (unpaired) electrons. The lowest BCUT2D eigenvalue weighted by Gasteiger charge is -2.33. The lowest BCUT2D eigenvalue weighted by molar-refractivity contribution is 0.0735. The number of nitrogens with zero attached hydrogens (tertiary/aromatic N) is 2. The van der Waals surface area contributed by atoms with Gasteiger partial charge in [-0.25, -0.2) is 15.1 Å². The van der Waals surface area contributed by atoms with E-state index >= 15 is 0 Å². The number of aliphatic hydroxyl groups excluding tert-OH is 1. The molecule has 0 aliphatic heterocycles. The smallest absolute Gasteiger partial charge is 0.333 e. The number of aliphatic hydroxyl groups is 1. The molecule has 0 unspecified atom stereocenters. The lowest BCUT2D eigenvalue weighted by atomic mass is 9.85. The van der Waals surface area contributed by atoms with E-state index in [4.69, 9.17) is 14.6 Å². The molecule has 10 nitrogen and oxygen atoms in total. The molecule has 174 valence electrons. The fourth-order valence-corrected chi connectivity index (χ4v) is 4.84. The van der Waals surface area contributed by atoms with Crippen LogP contribution in [0.2, 0.25) is 0 Å². The molecule has 11 heteroatoms. The maximum absolute atomic E-state index is 11.0. The van der Waals surface area contributed by atoms with Gasteiger partial charge in [-0.2, -0.15) is 8.42 Å². The van der Waals surface area contributed by atoms with Gasteiger partial charge in [-0.3, -0.25) is 4.18 Å². The van der Waals surface area contributed by atoms with Gasteiger partial charge in [-0.15, -0.1) is 0 Å². The molecule has 32 heavy (non-hydrogen) atoms. The number of hydrogen-bond acceptors (Lipinski definition) is 9. The second-order valence-corrected chi connectivity index (χ2v) is 9.41. The highest BCUT2D eigenvalue weighted by Gasteiger charge is 2.36. The molecule has 0 saturated heterocycles. The average molecular weight is 465 g/mol. The summed E-state index contributed by atoms with van der Waals surface area (Å²) < 4.78 is 38.3. The van der Waals surface area contributed by atoms with E-state index in [2.05, 4.69) is 31.6 Å². The number of anilines is 1. The monoisotopic (exact) mass is 464 g/mol. The summed E-state index contributed by atoms with van der Waals surface area (Å²) in [6, 6.07) is 9.94. The van der Waals surface area contributed by atoms with E-state index in [1.54, 1.807) is 13.2 Å². The Morgan fingerprint density at radius 2 is 2.06 bits per heavy atom. The van der Waals surface area contributed by atoms with E-state index in [1.807, 2.05) is 12.1 Å². The van der Waals surface area contributed by atoms with Crippen LogP contribution < -0.4 is 15.2 Å². The number of aromatic nitrogens is 2. The summed E-state index contributed by atoms with van der Waals surface area (Å²) in [7, 11) is -2.34. The highest BCUT2D eigenvalue weighted by molar-refractivity contribution is 7.84. The van der Waals surface area contributed by atoms with Crippen LogP contribution in [0, 0.1) is 5.92 Å². The summed E-state index contributed by atoms with van der Waals surface area (Å²) in [5, 5.41) is 18.5. The number of hydrogen-bond donors (Lipinski definition) is 3. The molecule has 0 bridgehead atoms. The molecule has 1 heterocycles. The number of methoxy groups -OCH3 is 1. The molecule has 1 aromatic carbocycles. The Bertz CT molecular complexity index is 1040. The van der Waals surface area contributed by atoms with Crippen LogP contribution >= 0.6 is 0 Å². The molecule has 1 saturated carbocycles. The fourth-order valence-electron chi connectivity index (χ4n) is 4.48. The van der Waals surface area contributed by atoms with Crippen LogP contribution in [-0.4, -0.2) is 55.5 Å². The van der Waals surface area contributed by atoms with Crippen molar-refractivity contribution in [3.63, 3.8) is 0 Å². The zero-order valence-corrected chi connectivity index (χ0v) is 18.6. The van der Waals surface area contributed by atoms with E-state index in [1.165, 1.54) is 17.5 Å². The van der Waals surface area contributed by atoms with Gasteiger partial charge in [0.25, 0.3) is 0 Å². The van der Waals surface area contributed by atoms with Crippen LogP contribution in [0.4, 0.5) is 5.82 Å². The Balaban J connectivity index is 1.42. The molecule has 4 N–H and O–H groups in total. The first-order valence-electron chi connectivity index (χ1n) is 10.5. The standard InChI is InChI=1S/C21H28N4O6S/c1-29-18-7-6-13-4-2-3-5-16(13)21(18)25-19-10-20(24-12-23-19)31-15-8-14(17(26)9-15)11-30-32(22,27)28/h2-5,10,12,14-15,17-18,21,26H,6-9,11H2,1H3,(H2,22,27,28)(H,23,24,25)/t14-,15+,17+,18-,21-/m0/s1. The van der Waals surface area contributed by atoms with Crippen LogP contribution in [0.25, 0.3) is 0 Å². The van der Waals surface area contributed by atoms with Gasteiger partial charge < -0.3 is 19.9 Å². The van der Waals surface area contributed by atoms with Gasteiger partial charge in [0.2, 0.25) is 5.88 Å². The first-order chi connectivity index (χ1) is 15.3. The van der Waals surface area contributed by atoms with Crippen molar-refractivity contribution in [2.24, 2.45) is 11.1 Å². The van der Waals surface area contributed by atoms with Crippen molar-refractivity contribution in [3.05, 3.63) is 47.8 Å². The number of rotatable bonds is 8. The average Bonchev–Trinajstić information content (AvgIpc) is 3.11. The van der Waals surface area contributed by atoms with Crippen LogP contribution in [-0.2, 0) is 25.6 Å². The molecule has 0 amide bonds. The van der Waals surface area contributed by atoms with Crippen LogP contribution in [0.15, 0.2) is 36.7 Å². The topological polar surface area (TPSA) is 146 Å². The Morgan fingerprint density at radius 3 is 2.84 bits per heavy atom. The second kappa shape index (κ2) is 9.67. The summed E-state index contributed by atoms with van der Waals surface area (Å²) in [6.45, 7) is -0.185. The molecular formula is C21H28N4O6S. The Hall–Kier alpha value is -2.31. The lowest BCUT2D eigenvalue weighted by Crippen LogP contribution is -2.32. The van der Waals surface area contributed by atoms with Gasteiger partial charge in [-0.05, 0) is 30.4 Å². The molecule has 1 fully saturated rings. The number of ether oxygens (including phenoxy) is 2. The molecule has 2 aromatic rings. The minimum absolute atomic E-state index is 0.00814. The van der Waals surface area contributed by atoms with E-state index in [0.29, 0.717) is 24.5 Å². The van der Waals surface area contributed by atoms with Crippen molar-refractivity contribution in [3.8, 4) is 5.88 Å². The maximum atomic E-state index is 11.0. The highest BCUT2D eigenvalue weighted by atomic mass is 32.2. The van der Waals surface area contributed by atoms with Crippen molar-refractivity contribution < 1.29 is 27.2 Å². The van der Waals surface area contributed by atoms with Crippen molar-refractivity contribution in [1.82, 2.24) is 9.97 Å². The minimum atomic E-state index is -4.05. The normalized spacial score (nSPS) is 27.7. The highest BCUT2D eigenvalue weighted by Crippen LogP contribution is 2.35. The van der Waals surface area contributed by atoms with Gasteiger partial charge in [0.1, 0.15) is 18.2 Å². The van der Waals surface area contributed by atoms with E-state index in [0.717, 1.165) is 12.8 Å². The molecule has 0 spiro atoms. The van der Waals surface area contributed by atoms with Gasteiger partial charge >= 0.3 is 10.3 Å². The zero-order valence-electron chi connectivity index (χ0n) is 17.8. The number of aryl methyl sites for hydroxylation is 1. The molecule has 4 rings (SSSR count). The molecule has 1 aromatic heterocycles. The van der Waals surface area contributed by atoms with Crippen molar-refractivity contribution in [2.45, 2.75) is 50.0 Å². The summed E-state index contributed by atoms with van der Waals surface area (Å²) >= 11 is 0. The largest absolute Gasteiger partial charge is 0.474 e. The first kappa shape index (κ1) is 22.9. The van der Waals surface area contributed by atoms with Crippen LogP contribution in [0.5, 0.6) is 5.88 Å². The minimum Gasteiger partial charge on any atom is -0.474 e. The summed E-state index contributed by atoms with van der Waals surface area (Å²) in [6.07, 6.45) is 2.98. The van der Waals surface area contributed by atoms with E-state index in [9.17, 15) is 13.5 Å². The van der Waals surface area contributed by atoms with Crippen molar-refractivity contribution in [1.29, 1.82) is 0 Å². The van der Waals surface area contributed by atoms with Gasteiger partial charge in [0, 0.05) is 25.5 Å². The SMILES string of the molecule is CO[C@H]1CCc2ccccc2[C@@H]1Nc1cc(O[C@@H]2C[C@@H](COS(N)(=O)=O)[C@H](O)C2)ncn1. The van der Waals surface area contributed by atoms with Crippen LogP contribution in [0.3, 0.4) is 0 Å². The van der Waals surface area contributed by atoms with Gasteiger partial charge in [-0.1, -0.05) is 24.3 Å². The van der Waals surface area contributed by atoms with E-state index < -0.39 is 16.4 Å². The Kier molecular flexibility index (Phi) is 6.91. The summed E-state index contributed by atoms with van der Waals surface area (Å²) in [5.41, 5.74) is 2.47.